The Kier molecular flexibility index (Phi) is 5.76. The number of nitrogens with one attached hydrogen (secondary N) is 1. The van der Waals surface area contributed by atoms with Gasteiger partial charge in [-0.15, -0.1) is 0 Å². The second kappa shape index (κ2) is 7.56. The van der Waals surface area contributed by atoms with Gasteiger partial charge in [-0.2, -0.15) is 11.3 Å². The molecule has 0 bridgehead atoms. The van der Waals surface area contributed by atoms with Crippen molar-refractivity contribution >= 4 is 23.2 Å². The van der Waals surface area contributed by atoms with Crippen molar-refractivity contribution in [1.82, 2.24) is 10.2 Å². The zero-order chi connectivity index (χ0) is 15.2. The largest absolute Gasteiger partial charge is 0.369 e. The highest BCUT2D eigenvalue weighted by Crippen LogP contribution is 2.17. The quantitative estimate of drug-likeness (QED) is 0.823. The molecule has 1 aliphatic heterocycles. The summed E-state index contributed by atoms with van der Waals surface area (Å²) in [6.45, 7) is 3.86. The van der Waals surface area contributed by atoms with Gasteiger partial charge in [0.2, 0.25) is 11.8 Å². The fourth-order valence-corrected chi connectivity index (χ4v) is 3.43. The highest BCUT2D eigenvalue weighted by molar-refractivity contribution is 7.07. The van der Waals surface area contributed by atoms with Crippen LogP contribution in [0.3, 0.4) is 0 Å². The summed E-state index contributed by atoms with van der Waals surface area (Å²) in [6.07, 6.45) is 2.46. The molecule has 2 rings (SSSR count). The van der Waals surface area contributed by atoms with Gasteiger partial charge in [0.25, 0.3) is 0 Å². The van der Waals surface area contributed by atoms with Crippen molar-refractivity contribution in [2.75, 3.05) is 19.6 Å². The SMILES string of the molecule is CC(Cc1ccsc1)NC(=O)C1CCN(CC(N)=O)CC1. The molecular weight excluding hydrogens is 286 g/mol. The van der Waals surface area contributed by atoms with Crippen LogP contribution in [-0.4, -0.2) is 42.4 Å². The Bertz CT molecular complexity index is 467. The van der Waals surface area contributed by atoms with E-state index in [-0.39, 0.29) is 23.8 Å². The van der Waals surface area contributed by atoms with E-state index in [1.807, 2.05) is 11.8 Å². The molecule has 0 radical (unpaired) electrons. The summed E-state index contributed by atoms with van der Waals surface area (Å²) < 4.78 is 0. The van der Waals surface area contributed by atoms with E-state index in [1.165, 1.54) is 5.56 Å². The van der Waals surface area contributed by atoms with Crippen LogP contribution in [0, 0.1) is 5.92 Å². The molecule has 1 unspecified atom stereocenters. The molecule has 5 nitrogen and oxygen atoms in total. The number of nitrogens with two attached hydrogens (primary N) is 1. The van der Waals surface area contributed by atoms with Gasteiger partial charge in [-0.1, -0.05) is 0 Å². The summed E-state index contributed by atoms with van der Waals surface area (Å²) in [7, 11) is 0. The topological polar surface area (TPSA) is 75.4 Å². The van der Waals surface area contributed by atoms with E-state index in [0.717, 1.165) is 32.4 Å². The molecule has 1 aliphatic rings. The Morgan fingerprint density at radius 3 is 2.76 bits per heavy atom. The van der Waals surface area contributed by atoms with Crippen LogP contribution in [0.5, 0.6) is 0 Å². The first-order valence-corrected chi connectivity index (χ1v) is 8.31. The molecule has 1 aromatic heterocycles. The molecule has 1 fully saturated rings. The lowest BCUT2D eigenvalue weighted by molar-refractivity contribution is -0.127. The normalized spacial score (nSPS) is 18.3. The number of carbonyl (C=O) groups is 2. The van der Waals surface area contributed by atoms with Gasteiger partial charge < -0.3 is 11.1 Å². The molecule has 0 saturated carbocycles. The number of likely N-dealkylation sites (tertiary alicyclic amines) is 1. The predicted octanol–water partition coefficient (Wildman–Crippen LogP) is 0.993. The van der Waals surface area contributed by atoms with E-state index in [0.29, 0.717) is 6.54 Å². The van der Waals surface area contributed by atoms with Crippen molar-refractivity contribution in [2.45, 2.75) is 32.2 Å². The van der Waals surface area contributed by atoms with E-state index >= 15 is 0 Å². The number of nitrogens with zero attached hydrogens (tertiary/aromatic N) is 1. The van der Waals surface area contributed by atoms with Gasteiger partial charge >= 0.3 is 0 Å². The van der Waals surface area contributed by atoms with Crippen LogP contribution >= 0.6 is 11.3 Å². The fourth-order valence-electron chi connectivity index (χ4n) is 2.75. The number of primary amides is 1. The summed E-state index contributed by atoms with van der Waals surface area (Å²) in [5.74, 6) is -0.113. The van der Waals surface area contributed by atoms with Crippen LogP contribution in [0.25, 0.3) is 0 Å². The minimum Gasteiger partial charge on any atom is -0.369 e. The Morgan fingerprint density at radius 1 is 1.48 bits per heavy atom. The number of carbonyl (C=O) groups excluding carboxylic acids is 2. The number of rotatable bonds is 6. The first-order chi connectivity index (χ1) is 10.0. The molecule has 1 aromatic rings. The average Bonchev–Trinajstić information content (AvgIpc) is 2.91. The van der Waals surface area contributed by atoms with Crippen LogP contribution in [-0.2, 0) is 16.0 Å². The summed E-state index contributed by atoms with van der Waals surface area (Å²) in [6, 6.07) is 2.24. The molecule has 6 heteroatoms. The van der Waals surface area contributed by atoms with Crippen molar-refractivity contribution in [3.63, 3.8) is 0 Å². The van der Waals surface area contributed by atoms with Crippen LogP contribution < -0.4 is 11.1 Å². The molecule has 3 N–H and O–H groups in total. The molecule has 0 aromatic carbocycles. The molecule has 1 saturated heterocycles. The third-order valence-corrected chi connectivity index (χ3v) is 4.58. The maximum atomic E-state index is 12.2. The number of hydrogen-bond donors (Lipinski definition) is 2. The van der Waals surface area contributed by atoms with Gasteiger partial charge in [-0.25, -0.2) is 0 Å². The third-order valence-electron chi connectivity index (χ3n) is 3.85. The Hall–Kier alpha value is -1.40. The number of piperidine rings is 1. The maximum Gasteiger partial charge on any atom is 0.231 e. The van der Waals surface area contributed by atoms with E-state index in [2.05, 4.69) is 22.1 Å². The zero-order valence-electron chi connectivity index (χ0n) is 12.4. The first kappa shape index (κ1) is 16.0. The average molecular weight is 309 g/mol. The van der Waals surface area contributed by atoms with Crippen LogP contribution in [0.4, 0.5) is 0 Å². The molecule has 1 atom stereocenters. The maximum absolute atomic E-state index is 12.2. The summed E-state index contributed by atoms with van der Waals surface area (Å²) in [4.78, 5) is 25.1. The number of thiophene rings is 1. The predicted molar refractivity (Wildman–Crippen MR) is 84.0 cm³/mol. The zero-order valence-corrected chi connectivity index (χ0v) is 13.2. The Balaban J connectivity index is 1.73. The third kappa shape index (κ3) is 5.13. The van der Waals surface area contributed by atoms with Crippen molar-refractivity contribution in [1.29, 1.82) is 0 Å². The molecular formula is C15H23N3O2S. The van der Waals surface area contributed by atoms with E-state index in [9.17, 15) is 9.59 Å². The van der Waals surface area contributed by atoms with E-state index < -0.39 is 0 Å². The lowest BCUT2D eigenvalue weighted by Gasteiger charge is -2.30. The lowest BCUT2D eigenvalue weighted by Crippen LogP contribution is -2.45. The van der Waals surface area contributed by atoms with Gasteiger partial charge in [0.15, 0.2) is 0 Å². The van der Waals surface area contributed by atoms with Crippen molar-refractivity contribution in [2.24, 2.45) is 11.7 Å². The standard InChI is InChI=1S/C15H23N3O2S/c1-11(8-12-4-7-21-10-12)17-15(20)13-2-5-18(6-3-13)9-14(16)19/h4,7,10-11,13H,2-3,5-6,8-9H2,1H3,(H2,16,19)(H,17,20). The lowest BCUT2D eigenvalue weighted by atomic mass is 9.95. The minimum absolute atomic E-state index is 0.0547. The summed E-state index contributed by atoms with van der Waals surface area (Å²) in [5, 5.41) is 7.27. The summed E-state index contributed by atoms with van der Waals surface area (Å²) >= 11 is 1.68. The van der Waals surface area contributed by atoms with Gasteiger partial charge in [-0.3, -0.25) is 14.5 Å². The molecule has 0 spiro atoms. The van der Waals surface area contributed by atoms with Crippen molar-refractivity contribution < 1.29 is 9.59 Å². The van der Waals surface area contributed by atoms with Gasteiger partial charge in [0.05, 0.1) is 6.54 Å². The van der Waals surface area contributed by atoms with Crippen LogP contribution in [0.1, 0.15) is 25.3 Å². The molecule has 21 heavy (non-hydrogen) atoms. The second-order valence-corrected chi connectivity index (χ2v) is 6.54. The molecule has 2 heterocycles. The smallest absolute Gasteiger partial charge is 0.231 e. The monoisotopic (exact) mass is 309 g/mol. The second-order valence-electron chi connectivity index (χ2n) is 5.76. The number of amides is 2. The van der Waals surface area contributed by atoms with Gasteiger partial charge in [0, 0.05) is 12.0 Å². The molecule has 0 aliphatic carbocycles. The molecule has 2 amide bonds. The van der Waals surface area contributed by atoms with E-state index in [1.54, 1.807) is 11.3 Å². The highest BCUT2D eigenvalue weighted by Gasteiger charge is 2.26. The van der Waals surface area contributed by atoms with Crippen LogP contribution in [0.15, 0.2) is 16.8 Å². The minimum atomic E-state index is -0.303. The van der Waals surface area contributed by atoms with Gasteiger partial charge in [-0.05, 0) is 61.7 Å². The Labute approximate surface area is 129 Å². The van der Waals surface area contributed by atoms with Crippen LogP contribution in [0.2, 0.25) is 0 Å². The summed E-state index contributed by atoms with van der Waals surface area (Å²) in [5.41, 5.74) is 6.46. The highest BCUT2D eigenvalue weighted by atomic mass is 32.1. The first-order valence-electron chi connectivity index (χ1n) is 7.36. The Morgan fingerprint density at radius 2 is 2.19 bits per heavy atom. The van der Waals surface area contributed by atoms with E-state index in [4.69, 9.17) is 5.73 Å². The molecule has 116 valence electrons. The number of hydrogen-bond acceptors (Lipinski definition) is 4. The van der Waals surface area contributed by atoms with Crippen molar-refractivity contribution in [3.05, 3.63) is 22.4 Å². The van der Waals surface area contributed by atoms with Gasteiger partial charge in [0.1, 0.15) is 0 Å². The van der Waals surface area contributed by atoms with Crippen molar-refractivity contribution in [3.8, 4) is 0 Å². The fraction of sp³-hybridized carbons (Fsp3) is 0.600.